The maximum atomic E-state index is 12.3. The number of rotatable bonds is 5. The van der Waals surface area contributed by atoms with E-state index in [-0.39, 0.29) is 24.2 Å². The van der Waals surface area contributed by atoms with E-state index >= 15 is 0 Å². The third-order valence-electron chi connectivity index (χ3n) is 4.00. The van der Waals surface area contributed by atoms with Gasteiger partial charge in [-0.15, -0.1) is 0 Å². The molecule has 0 bridgehead atoms. The molecule has 1 N–H and O–H groups in total. The van der Waals surface area contributed by atoms with Gasteiger partial charge in [-0.2, -0.15) is 0 Å². The van der Waals surface area contributed by atoms with E-state index in [2.05, 4.69) is 10.3 Å². The second kappa shape index (κ2) is 7.05. The van der Waals surface area contributed by atoms with Gasteiger partial charge in [-0.05, 0) is 30.2 Å². The number of nitrogens with zero attached hydrogens (tertiary/aromatic N) is 2. The van der Waals surface area contributed by atoms with Crippen molar-refractivity contribution in [2.24, 2.45) is 5.92 Å². The van der Waals surface area contributed by atoms with Gasteiger partial charge in [-0.1, -0.05) is 24.3 Å². The highest BCUT2D eigenvalue weighted by Gasteiger charge is 2.34. The molecule has 1 fully saturated rings. The molecular weight excluding hydrogens is 290 g/mol. The standard InChI is InChI=1S/C18H19N3O2/c22-17-11-15(13-21(17)16-6-2-1-3-7-16)18(23)20-10-8-14-5-4-9-19-12-14/h1-7,9,12,15H,8,10-11,13H2,(H,20,23). The highest BCUT2D eigenvalue weighted by molar-refractivity contribution is 6.00. The zero-order valence-corrected chi connectivity index (χ0v) is 12.8. The van der Waals surface area contributed by atoms with E-state index in [0.29, 0.717) is 13.1 Å². The Bertz CT molecular complexity index is 673. The van der Waals surface area contributed by atoms with E-state index in [1.807, 2.05) is 42.5 Å². The first-order chi connectivity index (χ1) is 11.2. The Kier molecular flexibility index (Phi) is 4.66. The largest absolute Gasteiger partial charge is 0.355 e. The molecule has 5 nitrogen and oxygen atoms in total. The van der Waals surface area contributed by atoms with Gasteiger partial charge >= 0.3 is 0 Å². The molecule has 2 heterocycles. The first-order valence-corrected chi connectivity index (χ1v) is 7.76. The number of carbonyl (C=O) groups is 2. The number of carbonyl (C=O) groups excluding carboxylic acids is 2. The Balaban J connectivity index is 1.52. The van der Waals surface area contributed by atoms with Gasteiger partial charge in [-0.25, -0.2) is 0 Å². The van der Waals surface area contributed by atoms with Gasteiger partial charge in [0.15, 0.2) is 0 Å². The summed E-state index contributed by atoms with van der Waals surface area (Å²) in [6, 6.07) is 13.3. The molecule has 0 saturated carbocycles. The minimum Gasteiger partial charge on any atom is -0.355 e. The van der Waals surface area contributed by atoms with Gasteiger partial charge in [0.05, 0.1) is 5.92 Å². The first kappa shape index (κ1) is 15.2. The number of pyridine rings is 1. The van der Waals surface area contributed by atoms with Crippen LogP contribution in [0.4, 0.5) is 5.69 Å². The monoisotopic (exact) mass is 309 g/mol. The van der Waals surface area contributed by atoms with Crippen LogP contribution in [0.25, 0.3) is 0 Å². The Morgan fingerprint density at radius 2 is 2.04 bits per heavy atom. The summed E-state index contributed by atoms with van der Waals surface area (Å²) >= 11 is 0. The number of para-hydroxylation sites is 1. The van der Waals surface area contributed by atoms with Gasteiger partial charge in [0.2, 0.25) is 11.8 Å². The molecule has 23 heavy (non-hydrogen) atoms. The van der Waals surface area contributed by atoms with Crippen LogP contribution in [0.1, 0.15) is 12.0 Å². The lowest BCUT2D eigenvalue weighted by atomic mass is 10.1. The molecule has 2 amide bonds. The second-order valence-electron chi connectivity index (χ2n) is 5.64. The SMILES string of the molecule is O=C(NCCc1cccnc1)C1CC(=O)N(c2ccccc2)C1. The summed E-state index contributed by atoms with van der Waals surface area (Å²) in [5.41, 5.74) is 1.93. The summed E-state index contributed by atoms with van der Waals surface area (Å²) in [7, 11) is 0. The van der Waals surface area contributed by atoms with E-state index in [1.54, 1.807) is 17.3 Å². The number of hydrogen-bond donors (Lipinski definition) is 1. The van der Waals surface area contributed by atoms with Crippen LogP contribution in [-0.4, -0.2) is 29.9 Å². The topological polar surface area (TPSA) is 62.3 Å². The van der Waals surface area contributed by atoms with Gasteiger partial charge < -0.3 is 10.2 Å². The van der Waals surface area contributed by atoms with E-state index in [1.165, 1.54) is 0 Å². The van der Waals surface area contributed by atoms with Crippen LogP contribution in [-0.2, 0) is 16.0 Å². The average molecular weight is 309 g/mol. The number of anilines is 1. The quantitative estimate of drug-likeness (QED) is 0.916. The molecule has 2 aromatic rings. The number of amides is 2. The van der Waals surface area contributed by atoms with Crippen molar-refractivity contribution in [2.45, 2.75) is 12.8 Å². The van der Waals surface area contributed by atoms with Crippen molar-refractivity contribution in [2.75, 3.05) is 18.0 Å². The fourth-order valence-corrected chi connectivity index (χ4v) is 2.76. The van der Waals surface area contributed by atoms with Crippen LogP contribution < -0.4 is 10.2 Å². The highest BCUT2D eigenvalue weighted by atomic mass is 16.2. The molecule has 0 aliphatic carbocycles. The van der Waals surface area contributed by atoms with Crippen molar-refractivity contribution in [3.63, 3.8) is 0 Å². The van der Waals surface area contributed by atoms with Crippen molar-refractivity contribution < 1.29 is 9.59 Å². The van der Waals surface area contributed by atoms with Crippen molar-refractivity contribution in [3.8, 4) is 0 Å². The van der Waals surface area contributed by atoms with Crippen LogP contribution in [0.3, 0.4) is 0 Å². The van der Waals surface area contributed by atoms with Crippen LogP contribution in [0.2, 0.25) is 0 Å². The molecular formula is C18H19N3O2. The number of hydrogen-bond acceptors (Lipinski definition) is 3. The fraction of sp³-hybridized carbons (Fsp3) is 0.278. The van der Waals surface area contributed by atoms with Gasteiger partial charge in [0, 0.05) is 37.6 Å². The molecule has 3 rings (SSSR count). The number of aromatic nitrogens is 1. The molecule has 1 aromatic heterocycles. The van der Waals surface area contributed by atoms with E-state index in [9.17, 15) is 9.59 Å². The highest BCUT2D eigenvalue weighted by Crippen LogP contribution is 2.24. The minimum atomic E-state index is -0.281. The molecule has 1 atom stereocenters. The average Bonchev–Trinajstić information content (AvgIpc) is 2.98. The van der Waals surface area contributed by atoms with Gasteiger partial charge in [0.1, 0.15) is 0 Å². The maximum Gasteiger partial charge on any atom is 0.227 e. The fourth-order valence-electron chi connectivity index (χ4n) is 2.76. The van der Waals surface area contributed by atoms with Crippen molar-refractivity contribution in [1.82, 2.24) is 10.3 Å². The van der Waals surface area contributed by atoms with Crippen LogP contribution in [0, 0.1) is 5.92 Å². The lowest BCUT2D eigenvalue weighted by Gasteiger charge is -2.16. The maximum absolute atomic E-state index is 12.3. The lowest BCUT2D eigenvalue weighted by molar-refractivity contribution is -0.126. The molecule has 5 heteroatoms. The molecule has 1 aromatic carbocycles. The Morgan fingerprint density at radius 3 is 2.78 bits per heavy atom. The van der Waals surface area contributed by atoms with Gasteiger partial charge in [0.25, 0.3) is 0 Å². The zero-order chi connectivity index (χ0) is 16.1. The van der Waals surface area contributed by atoms with Crippen molar-refractivity contribution >= 4 is 17.5 Å². The zero-order valence-electron chi connectivity index (χ0n) is 12.8. The normalized spacial score (nSPS) is 17.3. The second-order valence-corrected chi connectivity index (χ2v) is 5.64. The third-order valence-corrected chi connectivity index (χ3v) is 4.00. The summed E-state index contributed by atoms with van der Waals surface area (Å²) in [6.07, 6.45) is 4.53. The molecule has 118 valence electrons. The number of nitrogens with one attached hydrogen (secondary N) is 1. The smallest absolute Gasteiger partial charge is 0.227 e. The molecule has 1 aliphatic rings. The van der Waals surface area contributed by atoms with E-state index in [0.717, 1.165) is 17.7 Å². The van der Waals surface area contributed by atoms with Crippen LogP contribution in [0.15, 0.2) is 54.9 Å². The van der Waals surface area contributed by atoms with Crippen molar-refractivity contribution in [1.29, 1.82) is 0 Å². The minimum absolute atomic E-state index is 0.00334. The Hall–Kier alpha value is -2.69. The van der Waals surface area contributed by atoms with Gasteiger partial charge in [-0.3, -0.25) is 14.6 Å². The van der Waals surface area contributed by atoms with E-state index < -0.39 is 0 Å². The summed E-state index contributed by atoms with van der Waals surface area (Å²) in [5, 5.41) is 2.92. The Labute approximate surface area is 135 Å². The van der Waals surface area contributed by atoms with Crippen LogP contribution >= 0.6 is 0 Å². The van der Waals surface area contributed by atoms with E-state index in [4.69, 9.17) is 0 Å². The third kappa shape index (κ3) is 3.74. The first-order valence-electron chi connectivity index (χ1n) is 7.76. The molecule has 1 aliphatic heterocycles. The molecule has 0 spiro atoms. The molecule has 0 radical (unpaired) electrons. The Morgan fingerprint density at radius 1 is 1.22 bits per heavy atom. The predicted molar refractivity (Wildman–Crippen MR) is 87.9 cm³/mol. The summed E-state index contributed by atoms with van der Waals surface area (Å²) in [5.74, 6) is -0.333. The lowest BCUT2D eigenvalue weighted by Crippen LogP contribution is -2.34. The summed E-state index contributed by atoms with van der Waals surface area (Å²) < 4.78 is 0. The number of benzene rings is 1. The molecule has 1 saturated heterocycles. The van der Waals surface area contributed by atoms with Crippen molar-refractivity contribution in [3.05, 3.63) is 60.4 Å². The predicted octanol–water partition coefficient (Wildman–Crippen LogP) is 1.79. The summed E-state index contributed by atoms with van der Waals surface area (Å²) in [4.78, 5) is 30.1. The molecule has 1 unspecified atom stereocenters. The summed E-state index contributed by atoms with van der Waals surface area (Å²) in [6.45, 7) is 1.00. The van der Waals surface area contributed by atoms with Crippen LogP contribution in [0.5, 0.6) is 0 Å².